The van der Waals surface area contributed by atoms with Crippen LogP contribution in [-0.4, -0.2) is 9.55 Å². The molecular weight excluding hydrogens is 396 g/mol. The minimum Gasteiger partial charge on any atom is -0.268 e. The molecule has 0 aliphatic heterocycles. The van der Waals surface area contributed by atoms with Crippen LogP contribution in [0.2, 0.25) is 0 Å². The van der Waals surface area contributed by atoms with Gasteiger partial charge in [0.1, 0.15) is 4.83 Å². The van der Waals surface area contributed by atoms with Crippen molar-refractivity contribution in [2.75, 3.05) is 0 Å². The second kappa shape index (κ2) is 7.81. The van der Waals surface area contributed by atoms with E-state index < -0.39 is 0 Å². The highest BCUT2D eigenvalue weighted by atomic mass is 32.2. The minimum absolute atomic E-state index is 0.0759. The maximum absolute atomic E-state index is 13.7. The molecule has 146 valence electrons. The highest BCUT2D eigenvalue weighted by Gasteiger charge is 2.22. The number of thiophene rings is 1. The molecule has 5 rings (SSSR count). The number of rotatable bonds is 4. The first kappa shape index (κ1) is 18.6. The van der Waals surface area contributed by atoms with Gasteiger partial charge >= 0.3 is 0 Å². The van der Waals surface area contributed by atoms with Crippen molar-refractivity contribution < 1.29 is 0 Å². The van der Waals surface area contributed by atoms with Crippen molar-refractivity contribution in [3.05, 3.63) is 86.5 Å². The molecule has 1 aliphatic carbocycles. The predicted octanol–water partition coefficient (Wildman–Crippen LogP) is 5.93. The summed E-state index contributed by atoms with van der Waals surface area (Å²) in [7, 11) is 0. The lowest BCUT2D eigenvalue weighted by molar-refractivity contribution is 0.699. The average molecular weight is 419 g/mol. The Morgan fingerprint density at radius 3 is 2.59 bits per heavy atom. The summed E-state index contributed by atoms with van der Waals surface area (Å²) in [5.41, 5.74) is 4.69. The van der Waals surface area contributed by atoms with Gasteiger partial charge in [0.2, 0.25) is 0 Å². The van der Waals surface area contributed by atoms with Crippen LogP contribution in [0.15, 0.2) is 64.5 Å². The Labute approximate surface area is 178 Å². The Balaban J connectivity index is 1.65. The zero-order chi connectivity index (χ0) is 19.8. The van der Waals surface area contributed by atoms with Crippen LogP contribution in [0.25, 0.3) is 15.9 Å². The van der Waals surface area contributed by atoms with E-state index in [0.717, 1.165) is 46.1 Å². The van der Waals surface area contributed by atoms with E-state index in [1.165, 1.54) is 28.0 Å². The summed E-state index contributed by atoms with van der Waals surface area (Å²) in [5, 5.41) is 1.61. The van der Waals surface area contributed by atoms with Crippen molar-refractivity contribution in [1.82, 2.24) is 9.55 Å². The molecule has 29 heavy (non-hydrogen) atoms. The van der Waals surface area contributed by atoms with E-state index >= 15 is 0 Å². The fourth-order valence-corrected chi connectivity index (χ4v) is 6.19. The highest BCUT2D eigenvalue weighted by Crippen LogP contribution is 2.35. The van der Waals surface area contributed by atoms with Gasteiger partial charge in [0.15, 0.2) is 5.16 Å². The van der Waals surface area contributed by atoms with Crippen LogP contribution in [0.1, 0.15) is 34.4 Å². The van der Waals surface area contributed by atoms with Crippen molar-refractivity contribution in [3.8, 4) is 5.69 Å². The predicted molar refractivity (Wildman–Crippen MR) is 123 cm³/mol. The fourth-order valence-electron chi connectivity index (χ4n) is 3.92. The molecule has 0 atom stereocenters. The van der Waals surface area contributed by atoms with Gasteiger partial charge in [-0.2, -0.15) is 0 Å². The molecule has 2 heterocycles. The van der Waals surface area contributed by atoms with Gasteiger partial charge in [0.05, 0.1) is 11.1 Å². The molecule has 0 fully saturated rings. The van der Waals surface area contributed by atoms with Gasteiger partial charge in [-0.1, -0.05) is 59.8 Å². The third-order valence-corrected chi connectivity index (χ3v) is 7.66. The van der Waals surface area contributed by atoms with Gasteiger partial charge < -0.3 is 0 Å². The van der Waals surface area contributed by atoms with Gasteiger partial charge in [-0.05, 0) is 55.9 Å². The van der Waals surface area contributed by atoms with Crippen molar-refractivity contribution >= 4 is 33.3 Å². The molecule has 0 unspecified atom stereocenters. The SMILES string of the molecule is Cc1ccc(CSc2nc3sc4c(c3c(=O)n2-c2ccccc2)CCCC4)cc1. The number of aromatic nitrogens is 2. The van der Waals surface area contributed by atoms with Crippen molar-refractivity contribution in [2.45, 2.75) is 43.5 Å². The Morgan fingerprint density at radius 1 is 1.03 bits per heavy atom. The Hall–Kier alpha value is -2.37. The summed E-state index contributed by atoms with van der Waals surface area (Å²) >= 11 is 3.35. The van der Waals surface area contributed by atoms with Crippen molar-refractivity contribution in [2.24, 2.45) is 0 Å². The van der Waals surface area contributed by atoms with Gasteiger partial charge in [0, 0.05) is 10.6 Å². The molecule has 5 heteroatoms. The lowest BCUT2D eigenvalue weighted by atomic mass is 9.97. The average Bonchev–Trinajstić information content (AvgIpc) is 3.12. The van der Waals surface area contributed by atoms with Gasteiger partial charge in [-0.3, -0.25) is 9.36 Å². The number of nitrogens with zero attached hydrogens (tertiary/aromatic N) is 2. The van der Waals surface area contributed by atoms with E-state index in [9.17, 15) is 4.79 Å². The Kier molecular flexibility index (Phi) is 5.02. The molecule has 2 aromatic carbocycles. The van der Waals surface area contributed by atoms with Crippen molar-refractivity contribution in [1.29, 1.82) is 0 Å². The van der Waals surface area contributed by atoms with E-state index in [4.69, 9.17) is 4.98 Å². The standard InChI is InChI=1S/C24H22N2OS2/c1-16-11-13-17(14-12-16)15-28-24-25-22-21(19-9-5-6-10-20(19)29-22)23(27)26(24)18-7-3-2-4-8-18/h2-4,7-8,11-14H,5-6,9-10,15H2,1H3. The molecule has 2 aromatic heterocycles. The van der Waals surface area contributed by atoms with Crippen LogP contribution in [0.3, 0.4) is 0 Å². The molecule has 0 radical (unpaired) electrons. The van der Waals surface area contributed by atoms with E-state index in [1.54, 1.807) is 23.1 Å². The normalized spacial score (nSPS) is 13.6. The van der Waals surface area contributed by atoms with Gasteiger partial charge in [-0.15, -0.1) is 11.3 Å². The largest absolute Gasteiger partial charge is 0.268 e. The monoisotopic (exact) mass is 418 g/mol. The Bertz CT molecular complexity index is 1220. The zero-order valence-electron chi connectivity index (χ0n) is 16.4. The molecule has 0 spiro atoms. The third kappa shape index (κ3) is 3.53. The fraction of sp³-hybridized carbons (Fsp3) is 0.250. The summed E-state index contributed by atoms with van der Waals surface area (Å²) in [6.07, 6.45) is 4.44. The van der Waals surface area contributed by atoms with Gasteiger partial charge in [-0.25, -0.2) is 4.98 Å². The molecule has 0 bridgehead atoms. The second-order valence-corrected chi connectivity index (χ2v) is 9.56. The maximum Gasteiger partial charge on any atom is 0.267 e. The van der Waals surface area contributed by atoms with Crippen molar-refractivity contribution in [3.63, 3.8) is 0 Å². The molecule has 3 nitrogen and oxygen atoms in total. The number of benzene rings is 2. The van der Waals surface area contributed by atoms with Crippen LogP contribution < -0.4 is 5.56 Å². The quantitative estimate of drug-likeness (QED) is 0.304. The van der Waals surface area contributed by atoms with E-state index in [1.807, 2.05) is 34.9 Å². The first-order valence-corrected chi connectivity index (χ1v) is 11.8. The Morgan fingerprint density at radius 2 is 1.79 bits per heavy atom. The van der Waals surface area contributed by atoms with Gasteiger partial charge in [0.25, 0.3) is 5.56 Å². The van der Waals surface area contributed by atoms with Crippen LogP contribution in [0, 0.1) is 6.92 Å². The first-order valence-electron chi connectivity index (χ1n) is 10.0. The summed E-state index contributed by atoms with van der Waals surface area (Å²) in [6, 6.07) is 18.5. The first-order chi connectivity index (χ1) is 14.2. The molecular formula is C24H22N2OS2. The summed E-state index contributed by atoms with van der Waals surface area (Å²) in [5.74, 6) is 0.788. The number of para-hydroxylation sites is 1. The molecule has 0 saturated heterocycles. The minimum atomic E-state index is 0.0759. The highest BCUT2D eigenvalue weighted by molar-refractivity contribution is 7.98. The smallest absolute Gasteiger partial charge is 0.267 e. The summed E-state index contributed by atoms with van der Waals surface area (Å²) < 4.78 is 1.81. The lowest BCUT2D eigenvalue weighted by Crippen LogP contribution is -2.22. The topological polar surface area (TPSA) is 34.9 Å². The van der Waals surface area contributed by atoms with Crippen LogP contribution >= 0.6 is 23.1 Å². The molecule has 0 N–H and O–H groups in total. The van der Waals surface area contributed by atoms with E-state index in [-0.39, 0.29) is 5.56 Å². The number of hydrogen-bond donors (Lipinski definition) is 0. The molecule has 0 saturated carbocycles. The lowest BCUT2D eigenvalue weighted by Gasteiger charge is -2.13. The summed E-state index contributed by atoms with van der Waals surface area (Å²) in [6.45, 7) is 2.10. The van der Waals surface area contributed by atoms with E-state index in [2.05, 4.69) is 31.2 Å². The number of fused-ring (bicyclic) bond motifs is 3. The molecule has 1 aliphatic rings. The van der Waals surface area contributed by atoms with Crippen LogP contribution in [0.5, 0.6) is 0 Å². The van der Waals surface area contributed by atoms with Crippen LogP contribution in [-0.2, 0) is 18.6 Å². The zero-order valence-corrected chi connectivity index (χ0v) is 18.0. The number of thioether (sulfide) groups is 1. The number of aryl methyl sites for hydroxylation is 3. The molecule has 4 aromatic rings. The molecule has 0 amide bonds. The summed E-state index contributed by atoms with van der Waals surface area (Å²) in [4.78, 5) is 20.9. The number of hydrogen-bond acceptors (Lipinski definition) is 4. The van der Waals surface area contributed by atoms with E-state index in [0.29, 0.717) is 0 Å². The second-order valence-electron chi connectivity index (χ2n) is 7.54. The maximum atomic E-state index is 13.7. The third-order valence-electron chi connectivity index (χ3n) is 5.46. The van der Waals surface area contributed by atoms with Crippen LogP contribution in [0.4, 0.5) is 0 Å².